The molecule has 2 aliphatic heterocycles. The monoisotopic (exact) mass is 603 g/mol. The molecule has 0 radical (unpaired) electrons. The minimum Gasteiger partial charge on any atom is -0.492 e. The first kappa shape index (κ1) is 29.1. The Bertz CT molecular complexity index is 1350. The fourth-order valence-corrected chi connectivity index (χ4v) is 8.05. The highest BCUT2D eigenvalue weighted by molar-refractivity contribution is 7.89. The van der Waals surface area contributed by atoms with Gasteiger partial charge in [0, 0.05) is 26.2 Å². The van der Waals surface area contributed by atoms with Gasteiger partial charge in [-0.25, -0.2) is 21.1 Å². The molecule has 1 atom stereocenters. The average Bonchev–Trinajstić information content (AvgIpc) is 3.45. The van der Waals surface area contributed by atoms with Crippen molar-refractivity contribution in [2.75, 3.05) is 39.3 Å². The van der Waals surface area contributed by atoms with Crippen molar-refractivity contribution in [1.29, 1.82) is 0 Å². The largest absolute Gasteiger partial charge is 0.492 e. The number of benzene rings is 2. The second kappa shape index (κ2) is 12.5. The van der Waals surface area contributed by atoms with Crippen molar-refractivity contribution in [2.24, 2.45) is 5.92 Å². The zero-order valence-electron chi connectivity index (χ0n) is 20.8. The zero-order chi connectivity index (χ0) is 27.3. The summed E-state index contributed by atoms with van der Waals surface area (Å²) in [4.78, 5) is 12.9. The van der Waals surface area contributed by atoms with E-state index in [0.717, 1.165) is 12.8 Å². The smallest absolute Gasteiger partial charge is 0.243 e. The topological polar surface area (TPSA) is 113 Å². The summed E-state index contributed by atoms with van der Waals surface area (Å²) < 4.78 is 59.6. The number of hydrogen-bond acceptors (Lipinski definition) is 6. The number of carbonyl (C=O) groups excluding carboxylic acids is 1. The van der Waals surface area contributed by atoms with E-state index >= 15 is 0 Å². The summed E-state index contributed by atoms with van der Waals surface area (Å²) in [5.74, 6) is -0.404. The number of carbonyl (C=O) groups is 1. The zero-order valence-corrected chi connectivity index (χ0v) is 24.0. The van der Waals surface area contributed by atoms with Gasteiger partial charge in [0.25, 0.3) is 0 Å². The first-order valence-electron chi connectivity index (χ1n) is 12.5. The Labute approximate surface area is 234 Å². The van der Waals surface area contributed by atoms with E-state index in [1.807, 2.05) is 0 Å². The van der Waals surface area contributed by atoms with E-state index in [9.17, 15) is 21.6 Å². The van der Waals surface area contributed by atoms with Crippen molar-refractivity contribution >= 4 is 49.2 Å². The van der Waals surface area contributed by atoms with Crippen LogP contribution in [0.1, 0.15) is 31.2 Å². The molecule has 208 valence electrons. The van der Waals surface area contributed by atoms with E-state index in [0.29, 0.717) is 53.8 Å². The molecule has 2 heterocycles. The maximum absolute atomic E-state index is 13.0. The quantitative estimate of drug-likeness (QED) is 0.416. The first-order valence-corrected chi connectivity index (χ1v) is 16.3. The van der Waals surface area contributed by atoms with Crippen molar-refractivity contribution in [1.82, 2.24) is 13.9 Å². The maximum Gasteiger partial charge on any atom is 0.243 e. The van der Waals surface area contributed by atoms with Crippen molar-refractivity contribution in [3.63, 3.8) is 0 Å². The minimum absolute atomic E-state index is 0.114. The van der Waals surface area contributed by atoms with Gasteiger partial charge in [0.05, 0.1) is 33.2 Å². The molecule has 2 aromatic carbocycles. The van der Waals surface area contributed by atoms with Gasteiger partial charge in [-0.2, -0.15) is 4.31 Å². The third-order valence-electron chi connectivity index (χ3n) is 6.68. The Morgan fingerprint density at radius 1 is 0.921 bits per heavy atom. The Balaban J connectivity index is 1.23. The molecule has 38 heavy (non-hydrogen) atoms. The van der Waals surface area contributed by atoms with Crippen molar-refractivity contribution in [3.05, 3.63) is 58.1 Å². The summed E-state index contributed by atoms with van der Waals surface area (Å²) >= 11 is 11.9. The molecule has 9 nitrogen and oxygen atoms in total. The highest BCUT2D eigenvalue weighted by Gasteiger charge is 2.32. The molecule has 0 saturated carbocycles. The summed E-state index contributed by atoms with van der Waals surface area (Å²) in [6.07, 6.45) is 2.93. The minimum atomic E-state index is -3.63. The van der Waals surface area contributed by atoms with Crippen molar-refractivity contribution in [3.8, 4) is 5.75 Å². The van der Waals surface area contributed by atoms with Gasteiger partial charge in [0.1, 0.15) is 12.4 Å². The van der Waals surface area contributed by atoms with E-state index in [1.165, 1.54) is 26.8 Å². The molecule has 2 aromatic rings. The van der Waals surface area contributed by atoms with Gasteiger partial charge < -0.3 is 10.1 Å². The van der Waals surface area contributed by atoms with Crippen molar-refractivity contribution in [2.45, 2.75) is 36.3 Å². The van der Waals surface area contributed by atoms with Crippen LogP contribution in [0.3, 0.4) is 0 Å². The lowest BCUT2D eigenvalue weighted by atomic mass is 9.99. The molecule has 0 spiro atoms. The number of nitrogens with zero attached hydrogens (tertiary/aromatic N) is 2. The molecule has 1 N–H and O–H groups in total. The van der Waals surface area contributed by atoms with Crippen molar-refractivity contribution < 1.29 is 26.4 Å². The Hall–Kier alpha value is -1.89. The maximum atomic E-state index is 13.0. The highest BCUT2D eigenvalue weighted by atomic mass is 35.5. The number of halogens is 2. The average molecular weight is 605 g/mol. The number of amides is 1. The number of nitrogens with one attached hydrogen (secondary N) is 1. The summed E-state index contributed by atoms with van der Waals surface area (Å²) in [6, 6.07) is 11.0. The standard InChI is InChI=1S/C25H31Cl2N3O6S2/c26-23-10-5-19(16-24(23)27)18-37(32,33)30-14-3-4-20(17-30)25(31)28-11-15-36-21-6-8-22(9-7-21)38(34,35)29-12-1-2-13-29/h5-10,16,20H,1-4,11-15,17-18H2,(H,28,31). The first-order chi connectivity index (χ1) is 18.1. The van der Waals surface area contributed by atoms with Gasteiger partial charge in [-0.05, 0) is 67.6 Å². The van der Waals surface area contributed by atoms with Crippen LogP contribution < -0.4 is 10.1 Å². The number of piperidine rings is 1. The summed E-state index contributed by atoms with van der Waals surface area (Å²) in [7, 11) is -7.11. The molecule has 0 aliphatic carbocycles. The predicted octanol–water partition coefficient (Wildman–Crippen LogP) is 3.51. The predicted molar refractivity (Wildman–Crippen MR) is 146 cm³/mol. The normalized spacial score (nSPS) is 19.4. The fraction of sp³-hybridized carbons (Fsp3) is 0.480. The molecule has 4 rings (SSSR count). The number of rotatable bonds is 10. The molecular weight excluding hydrogens is 573 g/mol. The highest BCUT2D eigenvalue weighted by Crippen LogP contribution is 2.26. The van der Waals surface area contributed by atoms with Gasteiger partial charge in [-0.15, -0.1) is 0 Å². The van der Waals surface area contributed by atoms with E-state index in [1.54, 1.807) is 24.3 Å². The van der Waals surface area contributed by atoms with Crippen LogP contribution in [0.2, 0.25) is 10.0 Å². The van der Waals surface area contributed by atoms with Crippen LogP contribution in [0.15, 0.2) is 47.4 Å². The van der Waals surface area contributed by atoms with Crippen LogP contribution >= 0.6 is 23.2 Å². The van der Waals surface area contributed by atoms with E-state index in [2.05, 4.69) is 5.32 Å². The molecule has 0 bridgehead atoms. The van der Waals surface area contributed by atoms with Crippen LogP contribution in [0.4, 0.5) is 0 Å². The third-order valence-corrected chi connectivity index (χ3v) is 11.1. The molecule has 13 heteroatoms. The SMILES string of the molecule is O=C(NCCOc1ccc(S(=O)(=O)N2CCCC2)cc1)C1CCCN(S(=O)(=O)Cc2ccc(Cl)c(Cl)c2)C1. The van der Waals surface area contributed by atoms with Gasteiger partial charge in [0.15, 0.2) is 0 Å². The number of ether oxygens (including phenoxy) is 1. The molecule has 1 amide bonds. The Morgan fingerprint density at radius 2 is 1.61 bits per heavy atom. The second-order valence-corrected chi connectivity index (χ2v) is 14.1. The molecule has 0 aromatic heterocycles. The van der Waals surface area contributed by atoms with Crippen LogP contribution in [-0.2, 0) is 30.6 Å². The summed E-state index contributed by atoms with van der Waals surface area (Å²) in [6.45, 7) is 1.99. The van der Waals surface area contributed by atoms with Crippen LogP contribution in [0.5, 0.6) is 5.75 Å². The molecular formula is C25H31Cl2N3O6S2. The van der Waals surface area contributed by atoms with E-state index in [-0.39, 0.29) is 36.3 Å². The third kappa shape index (κ3) is 7.19. The lowest BCUT2D eigenvalue weighted by Crippen LogP contribution is -2.46. The Morgan fingerprint density at radius 3 is 2.29 bits per heavy atom. The Kier molecular flexibility index (Phi) is 9.59. The molecule has 2 saturated heterocycles. The van der Waals surface area contributed by atoms with Crippen LogP contribution in [0, 0.1) is 5.92 Å². The van der Waals surface area contributed by atoms with Gasteiger partial charge in [-0.1, -0.05) is 29.3 Å². The lowest BCUT2D eigenvalue weighted by Gasteiger charge is -2.31. The van der Waals surface area contributed by atoms with E-state index < -0.39 is 26.0 Å². The van der Waals surface area contributed by atoms with Gasteiger partial charge in [-0.3, -0.25) is 4.79 Å². The fourth-order valence-electron chi connectivity index (χ4n) is 4.61. The summed E-state index contributed by atoms with van der Waals surface area (Å²) in [5.41, 5.74) is 0.532. The van der Waals surface area contributed by atoms with Crippen LogP contribution in [-0.4, -0.2) is 70.7 Å². The number of sulfonamides is 2. The van der Waals surface area contributed by atoms with Gasteiger partial charge >= 0.3 is 0 Å². The number of hydrogen-bond donors (Lipinski definition) is 1. The summed E-state index contributed by atoms with van der Waals surface area (Å²) in [5, 5.41) is 3.46. The van der Waals surface area contributed by atoms with Crippen LogP contribution in [0.25, 0.3) is 0 Å². The molecule has 2 fully saturated rings. The molecule has 2 aliphatic rings. The van der Waals surface area contributed by atoms with Gasteiger partial charge in [0.2, 0.25) is 26.0 Å². The lowest BCUT2D eigenvalue weighted by molar-refractivity contribution is -0.126. The van der Waals surface area contributed by atoms with E-state index in [4.69, 9.17) is 27.9 Å². The second-order valence-electron chi connectivity index (χ2n) is 9.42. The molecule has 1 unspecified atom stereocenters.